The first-order chi connectivity index (χ1) is 26.4. The van der Waals surface area contributed by atoms with E-state index in [4.69, 9.17) is 21.1 Å². The van der Waals surface area contributed by atoms with E-state index in [0.717, 1.165) is 63.3 Å². The largest absolute Gasteiger partial charge is 0.478 e. The summed E-state index contributed by atoms with van der Waals surface area (Å²) in [6.07, 6.45) is 4.95. The molecule has 1 unspecified atom stereocenters. The Kier molecular flexibility index (Phi) is 17.0. The summed E-state index contributed by atoms with van der Waals surface area (Å²) in [7, 11) is 0. The number of likely N-dealkylation sites (N-methyl/N-ethyl adjacent to an activating group) is 1. The van der Waals surface area contributed by atoms with Crippen LogP contribution in [-0.4, -0.2) is 100 Å². The van der Waals surface area contributed by atoms with Crippen LogP contribution in [0.4, 0.5) is 4.79 Å². The topological polar surface area (TPSA) is 163 Å². The van der Waals surface area contributed by atoms with E-state index >= 15 is 0 Å². The second kappa shape index (κ2) is 21.8. The van der Waals surface area contributed by atoms with Crippen LogP contribution in [0.2, 0.25) is 5.02 Å². The summed E-state index contributed by atoms with van der Waals surface area (Å²) in [5, 5.41) is 22.6. The molecule has 0 radical (unpaired) electrons. The van der Waals surface area contributed by atoms with E-state index in [0.29, 0.717) is 18.0 Å². The predicted octanol–water partition coefficient (Wildman–Crippen LogP) is 6.95. The smallest absolute Gasteiger partial charge is 0.349 e. The van der Waals surface area contributed by atoms with Gasteiger partial charge in [0.15, 0.2) is 0 Å². The summed E-state index contributed by atoms with van der Waals surface area (Å²) in [6, 6.07) is 24.1. The van der Waals surface area contributed by atoms with Crippen LogP contribution >= 0.6 is 11.6 Å². The highest BCUT2D eigenvalue weighted by Crippen LogP contribution is 2.23. The van der Waals surface area contributed by atoms with Crippen molar-refractivity contribution in [3.05, 3.63) is 107 Å². The highest BCUT2D eigenvalue weighted by molar-refractivity contribution is 6.30. The lowest BCUT2D eigenvalue weighted by atomic mass is 9.94. The Morgan fingerprint density at radius 2 is 1.31 bits per heavy atom. The monoisotopic (exact) mass is 777 g/mol. The Morgan fingerprint density at radius 3 is 1.78 bits per heavy atom. The molecule has 1 saturated carbocycles. The van der Waals surface area contributed by atoms with Crippen LogP contribution in [0, 0.1) is 5.92 Å². The summed E-state index contributed by atoms with van der Waals surface area (Å²) in [6.45, 7) is 8.53. The van der Waals surface area contributed by atoms with Gasteiger partial charge in [0, 0.05) is 36.7 Å². The maximum absolute atomic E-state index is 12.6. The third-order valence-electron chi connectivity index (χ3n) is 10.0. The second-order valence-corrected chi connectivity index (χ2v) is 14.5. The molecule has 1 heterocycles. The fourth-order valence-corrected chi connectivity index (χ4v) is 7.13. The van der Waals surface area contributed by atoms with E-state index < -0.39 is 36.1 Å². The molecule has 0 bridgehead atoms. The summed E-state index contributed by atoms with van der Waals surface area (Å²) in [4.78, 5) is 64.1. The highest BCUT2D eigenvalue weighted by Gasteiger charge is 2.41. The van der Waals surface area contributed by atoms with Crippen molar-refractivity contribution in [2.24, 2.45) is 5.92 Å². The average Bonchev–Trinajstić information content (AvgIpc) is 3.19. The Labute approximate surface area is 327 Å². The normalized spacial score (nSPS) is 16.5. The van der Waals surface area contributed by atoms with Gasteiger partial charge in [-0.2, -0.15) is 0 Å². The van der Waals surface area contributed by atoms with Crippen LogP contribution in [0.25, 0.3) is 0 Å². The van der Waals surface area contributed by atoms with Crippen molar-refractivity contribution >= 4 is 41.5 Å². The summed E-state index contributed by atoms with van der Waals surface area (Å²) >= 11 is 6.15. The van der Waals surface area contributed by atoms with E-state index in [9.17, 15) is 34.2 Å². The molecule has 1 aliphatic heterocycles. The maximum Gasteiger partial charge on any atom is 0.349 e. The summed E-state index contributed by atoms with van der Waals surface area (Å²) in [5.74, 6) is -4.96. The number of amides is 2. The molecular weight excluding hydrogens is 726 g/mol. The Balaban J connectivity index is 0.000000246. The first-order valence-corrected chi connectivity index (χ1v) is 19.3. The van der Waals surface area contributed by atoms with Gasteiger partial charge in [-0.1, -0.05) is 86.3 Å². The lowest BCUT2D eigenvalue weighted by Gasteiger charge is -2.37. The number of benzene rings is 3. The first kappa shape index (κ1) is 42.8. The number of carbonyl (C=O) groups excluding carboxylic acids is 3. The van der Waals surface area contributed by atoms with Gasteiger partial charge in [0.25, 0.3) is 0 Å². The molecule has 5 rings (SSSR count). The van der Waals surface area contributed by atoms with Crippen molar-refractivity contribution < 1.29 is 43.7 Å². The molecule has 13 heteroatoms. The van der Waals surface area contributed by atoms with Gasteiger partial charge in [0.2, 0.25) is 12.2 Å². The Bertz CT molecular complexity index is 1630. The maximum atomic E-state index is 12.6. The number of aliphatic carboxylic acids is 2. The number of carboxylic acids is 2. The van der Waals surface area contributed by atoms with E-state index in [2.05, 4.69) is 36.2 Å². The molecule has 3 aromatic carbocycles. The van der Waals surface area contributed by atoms with Gasteiger partial charge < -0.3 is 34.8 Å². The molecule has 2 aliphatic rings. The standard InChI is InChI=1S/C24H38ClN3O.C18H14O8/c1-3-27(19(2)16-21-8-7-9-22(25)17-21)18-20-12-14-28(15-13-20)24(29)26-23-10-5-4-6-11-23;19-15(20)13(25-17(23)11-7-3-1-4-8-11)14(16(21)22)26-18(24)12-9-5-2-6-10-12/h7-9,17,19-20,23H,3-6,10-16,18H2,1-2H3,(H,26,29);1-10,13-14H,(H,19,20)(H,21,22)/t;13-,14-/m.1/s1. The fourth-order valence-electron chi connectivity index (χ4n) is 6.92. The van der Waals surface area contributed by atoms with Crippen molar-refractivity contribution in [1.82, 2.24) is 15.1 Å². The van der Waals surface area contributed by atoms with Crippen molar-refractivity contribution in [1.29, 1.82) is 0 Å². The van der Waals surface area contributed by atoms with Gasteiger partial charge in [0.05, 0.1) is 11.1 Å². The first-order valence-electron chi connectivity index (χ1n) is 19.0. The van der Waals surface area contributed by atoms with Gasteiger partial charge >= 0.3 is 29.9 Å². The van der Waals surface area contributed by atoms with Gasteiger partial charge in [0.1, 0.15) is 0 Å². The molecule has 3 aromatic rings. The van der Waals surface area contributed by atoms with Gasteiger partial charge in [-0.05, 0) is 93.5 Å². The lowest BCUT2D eigenvalue weighted by molar-refractivity contribution is -0.166. The number of hydrogen-bond donors (Lipinski definition) is 3. The number of nitrogens with one attached hydrogen (secondary N) is 1. The molecule has 55 heavy (non-hydrogen) atoms. The molecule has 2 amide bonds. The van der Waals surface area contributed by atoms with E-state index in [1.165, 1.54) is 73.4 Å². The third-order valence-corrected chi connectivity index (χ3v) is 10.3. The zero-order chi connectivity index (χ0) is 39.7. The third kappa shape index (κ3) is 13.7. The van der Waals surface area contributed by atoms with Crippen LogP contribution in [0.5, 0.6) is 0 Å². The minimum atomic E-state index is -2.21. The molecular formula is C42H52ClN3O9. The lowest BCUT2D eigenvalue weighted by Crippen LogP contribution is -2.49. The van der Waals surface area contributed by atoms with E-state index in [1.807, 2.05) is 17.0 Å². The number of esters is 2. The van der Waals surface area contributed by atoms with Crippen LogP contribution in [0.1, 0.15) is 85.1 Å². The summed E-state index contributed by atoms with van der Waals surface area (Å²) < 4.78 is 9.52. The van der Waals surface area contributed by atoms with Crippen LogP contribution in [0.15, 0.2) is 84.9 Å². The van der Waals surface area contributed by atoms with Gasteiger partial charge in [-0.25, -0.2) is 24.0 Å². The minimum Gasteiger partial charge on any atom is -0.478 e. The van der Waals surface area contributed by atoms with Crippen molar-refractivity contribution in [2.45, 2.75) is 89.5 Å². The zero-order valence-corrected chi connectivity index (χ0v) is 32.2. The molecule has 3 atom stereocenters. The van der Waals surface area contributed by atoms with Crippen LogP contribution < -0.4 is 5.32 Å². The fraction of sp³-hybridized carbons (Fsp3) is 0.452. The van der Waals surface area contributed by atoms with Crippen molar-refractivity contribution in [3.63, 3.8) is 0 Å². The predicted molar refractivity (Wildman–Crippen MR) is 208 cm³/mol. The van der Waals surface area contributed by atoms with Gasteiger partial charge in [-0.3, -0.25) is 0 Å². The number of rotatable bonds is 14. The Morgan fingerprint density at radius 1 is 0.782 bits per heavy atom. The minimum absolute atomic E-state index is 0.0253. The molecule has 1 saturated heterocycles. The quantitative estimate of drug-likeness (QED) is 0.146. The highest BCUT2D eigenvalue weighted by atomic mass is 35.5. The second-order valence-electron chi connectivity index (χ2n) is 14.0. The number of ether oxygens (including phenoxy) is 2. The number of nitrogens with zero attached hydrogens (tertiary/aromatic N) is 2. The van der Waals surface area contributed by atoms with Crippen LogP contribution in [0.3, 0.4) is 0 Å². The average molecular weight is 778 g/mol. The SMILES string of the molecule is CCN(CC1CCN(C(=O)NC2CCCCC2)CC1)C(C)Cc1cccc(Cl)c1.O=C(O[C@@H](C(=O)O)[C@@H](OC(=O)c1ccccc1)C(=O)O)c1ccccc1. The number of hydrogen-bond acceptors (Lipinski definition) is 8. The van der Waals surface area contributed by atoms with E-state index in [-0.39, 0.29) is 17.2 Å². The van der Waals surface area contributed by atoms with E-state index in [1.54, 1.807) is 12.1 Å². The van der Waals surface area contributed by atoms with Crippen molar-refractivity contribution in [3.8, 4) is 0 Å². The molecule has 12 nitrogen and oxygen atoms in total. The van der Waals surface area contributed by atoms with Crippen molar-refractivity contribution in [2.75, 3.05) is 26.2 Å². The number of carbonyl (C=O) groups is 5. The molecule has 0 spiro atoms. The number of likely N-dealkylation sites (tertiary alicyclic amines) is 1. The molecule has 1 aliphatic carbocycles. The number of urea groups is 1. The van der Waals surface area contributed by atoms with Crippen LogP contribution in [-0.2, 0) is 25.5 Å². The van der Waals surface area contributed by atoms with Gasteiger partial charge in [-0.15, -0.1) is 0 Å². The molecule has 296 valence electrons. The molecule has 0 aromatic heterocycles. The zero-order valence-electron chi connectivity index (χ0n) is 31.5. The summed E-state index contributed by atoms with van der Waals surface area (Å²) in [5.41, 5.74) is 1.35. The number of halogens is 1. The number of carboxylic acid groups (broad SMARTS) is 2. The molecule has 2 fully saturated rings. The number of piperidine rings is 1. The molecule has 3 N–H and O–H groups in total. The Hall–Kier alpha value is -4.94.